The van der Waals surface area contributed by atoms with Gasteiger partial charge in [0, 0.05) is 25.2 Å². The summed E-state index contributed by atoms with van der Waals surface area (Å²) in [5, 5.41) is 14.8. The van der Waals surface area contributed by atoms with Crippen LogP contribution in [0, 0.1) is 11.6 Å². The van der Waals surface area contributed by atoms with Gasteiger partial charge in [-0.2, -0.15) is 0 Å². The zero-order chi connectivity index (χ0) is 26.8. The number of hydrogen-bond donors (Lipinski definition) is 2. The van der Waals surface area contributed by atoms with Crippen molar-refractivity contribution in [1.29, 1.82) is 0 Å². The maximum Gasteiger partial charge on any atom is 0.414 e. The molecule has 0 aromatic heterocycles. The van der Waals surface area contributed by atoms with E-state index in [0.29, 0.717) is 19.7 Å². The van der Waals surface area contributed by atoms with Crippen molar-refractivity contribution in [2.45, 2.75) is 26.4 Å². The first-order valence-electron chi connectivity index (χ1n) is 11.5. The van der Waals surface area contributed by atoms with Crippen LogP contribution in [0.4, 0.5) is 8.78 Å². The number of halogens is 2. The van der Waals surface area contributed by atoms with Gasteiger partial charge in [-0.25, -0.2) is 18.4 Å². The van der Waals surface area contributed by atoms with E-state index in [4.69, 9.17) is 34.0 Å². The van der Waals surface area contributed by atoms with Gasteiger partial charge in [-0.15, -0.1) is 0 Å². The Morgan fingerprint density at radius 2 is 1.59 bits per heavy atom. The highest BCUT2D eigenvalue weighted by molar-refractivity contribution is 6.27. The number of aliphatic carboxylic acids is 2. The van der Waals surface area contributed by atoms with Crippen LogP contribution in [0.1, 0.15) is 23.6 Å². The molecule has 4 rings (SSSR count). The van der Waals surface area contributed by atoms with Gasteiger partial charge in [-0.3, -0.25) is 4.90 Å². The molecule has 0 bridgehead atoms. The number of hydrogen-bond acceptors (Lipinski definition) is 6. The van der Waals surface area contributed by atoms with Crippen molar-refractivity contribution in [3.63, 3.8) is 0 Å². The molecule has 37 heavy (non-hydrogen) atoms. The molecule has 10 heteroatoms. The lowest BCUT2D eigenvalue weighted by Gasteiger charge is -2.24. The highest BCUT2D eigenvalue weighted by Crippen LogP contribution is 2.32. The Bertz CT molecular complexity index is 1220. The predicted molar refractivity (Wildman–Crippen MR) is 130 cm³/mol. The second-order valence-corrected chi connectivity index (χ2v) is 8.05. The lowest BCUT2D eigenvalue weighted by atomic mass is 10.1. The van der Waals surface area contributed by atoms with E-state index in [1.807, 2.05) is 49.4 Å². The van der Waals surface area contributed by atoms with Crippen molar-refractivity contribution in [1.82, 2.24) is 4.90 Å². The molecule has 196 valence electrons. The van der Waals surface area contributed by atoms with Gasteiger partial charge >= 0.3 is 11.9 Å². The van der Waals surface area contributed by atoms with E-state index in [9.17, 15) is 8.78 Å². The fourth-order valence-corrected chi connectivity index (χ4v) is 3.67. The molecule has 0 fully saturated rings. The molecule has 0 unspecified atom stereocenters. The molecule has 0 amide bonds. The minimum Gasteiger partial charge on any atom is -0.494 e. The number of carboxylic acid groups (broad SMARTS) is 2. The average Bonchev–Trinajstić information content (AvgIpc) is 3.34. The van der Waals surface area contributed by atoms with Crippen molar-refractivity contribution < 1.29 is 42.8 Å². The lowest BCUT2D eigenvalue weighted by Crippen LogP contribution is -2.26. The number of ether oxygens (including phenoxy) is 3. The Labute approximate surface area is 212 Å². The van der Waals surface area contributed by atoms with Gasteiger partial charge in [0.2, 0.25) is 6.79 Å². The molecule has 0 aliphatic carbocycles. The summed E-state index contributed by atoms with van der Waals surface area (Å²) < 4.78 is 43.8. The van der Waals surface area contributed by atoms with E-state index in [-0.39, 0.29) is 6.79 Å². The molecular weight excluding hydrogens is 488 g/mol. The molecule has 2 N–H and O–H groups in total. The monoisotopic (exact) mass is 515 g/mol. The van der Waals surface area contributed by atoms with E-state index in [2.05, 4.69) is 4.90 Å². The quantitative estimate of drug-likeness (QED) is 0.402. The maximum absolute atomic E-state index is 13.8. The summed E-state index contributed by atoms with van der Waals surface area (Å²) in [6, 6.07) is 17.9. The molecule has 3 aromatic carbocycles. The van der Waals surface area contributed by atoms with Gasteiger partial charge in [0.1, 0.15) is 5.75 Å². The minimum absolute atomic E-state index is 0.245. The topological polar surface area (TPSA) is 106 Å². The van der Waals surface area contributed by atoms with Crippen molar-refractivity contribution in [2.75, 3.05) is 19.9 Å². The SMILES string of the molecule is CCOc1ccccc1CN(CCc1ccc2c(c1)OCO2)Cc1ccc(F)c(F)c1.O=C(O)C(=O)O. The van der Waals surface area contributed by atoms with Crippen LogP contribution in [0.2, 0.25) is 0 Å². The van der Waals surface area contributed by atoms with Gasteiger partial charge in [-0.05, 0) is 54.8 Å². The van der Waals surface area contributed by atoms with E-state index < -0.39 is 23.6 Å². The van der Waals surface area contributed by atoms with Gasteiger partial charge < -0.3 is 24.4 Å². The molecular formula is C27H27F2NO7. The third-order valence-corrected chi connectivity index (χ3v) is 5.39. The van der Waals surface area contributed by atoms with Crippen LogP contribution < -0.4 is 14.2 Å². The van der Waals surface area contributed by atoms with E-state index in [0.717, 1.165) is 46.9 Å². The van der Waals surface area contributed by atoms with Crippen LogP contribution in [0.25, 0.3) is 0 Å². The molecule has 0 spiro atoms. The predicted octanol–water partition coefficient (Wildman–Crippen LogP) is 4.49. The zero-order valence-electron chi connectivity index (χ0n) is 20.2. The van der Waals surface area contributed by atoms with Gasteiger partial charge in [0.15, 0.2) is 23.1 Å². The second-order valence-electron chi connectivity index (χ2n) is 8.05. The Balaban J connectivity index is 0.000000568. The van der Waals surface area contributed by atoms with Crippen LogP contribution in [0.15, 0.2) is 60.7 Å². The van der Waals surface area contributed by atoms with Crippen LogP contribution in [0.3, 0.4) is 0 Å². The summed E-state index contributed by atoms with van der Waals surface area (Å²) in [6.45, 7) is 4.61. The maximum atomic E-state index is 13.8. The van der Waals surface area contributed by atoms with Crippen LogP contribution in [-0.4, -0.2) is 47.0 Å². The molecule has 1 aliphatic heterocycles. The smallest absolute Gasteiger partial charge is 0.414 e. The van der Waals surface area contributed by atoms with Crippen LogP contribution in [-0.2, 0) is 29.1 Å². The summed E-state index contributed by atoms with van der Waals surface area (Å²) in [5.74, 6) is -2.96. The molecule has 1 heterocycles. The first kappa shape index (κ1) is 27.4. The van der Waals surface area contributed by atoms with Crippen molar-refractivity contribution in [3.8, 4) is 17.2 Å². The number of carboxylic acids is 2. The Kier molecular flexibility index (Phi) is 9.79. The summed E-state index contributed by atoms with van der Waals surface area (Å²) >= 11 is 0. The molecule has 8 nitrogen and oxygen atoms in total. The standard InChI is InChI=1S/C25H25F2NO3.C2H2O4/c1-2-29-23-6-4-3-5-20(23)16-28(15-19-7-9-21(26)22(27)13-19)12-11-18-8-10-24-25(14-18)31-17-30-24;3-1(4)2(5)6/h3-10,13-14H,2,11-12,15-17H2,1H3;(H,3,4)(H,5,6). The van der Waals surface area contributed by atoms with E-state index in [1.54, 1.807) is 6.07 Å². The molecule has 3 aromatic rings. The summed E-state index contributed by atoms with van der Waals surface area (Å²) in [5.41, 5.74) is 2.90. The first-order valence-corrected chi connectivity index (χ1v) is 11.5. The third kappa shape index (κ3) is 8.18. The lowest BCUT2D eigenvalue weighted by molar-refractivity contribution is -0.159. The molecule has 1 aliphatic rings. The normalized spacial score (nSPS) is 11.6. The number of benzene rings is 3. The number of para-hydroxylation sites is 1. The van der Waals surface area contributed by atoms with Gasteiger partial charge in [0.25, 0.3) is 0 Å². The minimum atomic E-state index is -1.82. The molecule has 0 saturated carbocycles. The van der Waals surface area contributed by atoms with Crippen molar-refractivity contribution in [2.24, 2.45) is 0 Å². The molecule has 0 atom stereocenters. The number of carbonyl (C=O) groups is 2. The average molecular weight is 516 g/mol. The number of rotatable bonds is 9. The van der Waals surface area contributed by atoms with Crippen molar-refractivity contribution >= 4 is 11.9 Å². The first-order chi connectivity index (χ1) is 17.8. The van der Waals surface area contributed by atoms with Gasteiger partial charge in [0.05, 0.1) is 6.61 Å². The zero-order valence-corrected chi connectivity index (χ0v) is 20.2. The van der Waals surface area contributed by atoms with Crippen LogP contribution in [0.5, 0.6) is 17.2 Å². The third-order valence-electron chi connectivity index (χ3n) is 5.39. The molecule has 0 radical (unpaired) electrons. The Hall–Kier alpha value is -4.18. The fraction of sp³-hybridized carbons (Fsp3) is 0.259. The van der Waals surface area contributed by atoms with E-state index in [1.165, 1.54) is 12.1 Å². The Morgan fingerprint density at radius 1 is 0.892 bits per heavy atom. The summed E-state index contributed by atoms with van der Waals surface area (Å²) in [7, 11) is 0. The second kappa shape index (κ2) is 13.2. The van der Waals surface area contributed by atoms with Crippen molar-refractivity contribution in [3.05, 3.63) is 89.0 Å². The summed E-state index contributed by atoms with van der Waals surface area (Å²) in [6.07, 6.45) is 0.775. The van der Waals surface area contributed by atoms with Gasteiger partial charge in [-0.1, -0.05) is 30.3 Å². The number of nitrogens with zero attached hydrogens (tertiary/aromatic N) is 1. The molecule has 0 saturated heterocycles. The Morgan fingerprint density at radius 3 is 2.30 bits per heavy atom. The highest BCUT2D eigenvalue weighted by Gasteiger charge is 2.16. The highest BCUT2D eigenvalue weighted by atomic mass is 19.2. The number of fused-ring (bicyclic) bond motifs is 1. The fourth-order valence-electron chi connectivity index (χ4n) is 3.67. The summed E-state index contributed by atoms with van der Waals surface area (Å²) in [4.78, 5) is 20.4. The van der Waals surface area contributed by atoms with Crippen LogP contribution >= 0.6 is 0 Å². The van der Waals surface area contributed by atoms with E-state index >= 15 is 0 Å². The largest absolute Gasteiger partial charge is 0.494 e.